The molecule has 0 saturated carbocycles. The molecule has 96 valence electrons. The van der Waals surface area contributed by atoms with E-state index in [1.165, 1.54) is 0 Å². The van der Waals surface area contributed by atoms with Crippen molar-refractivity contribution in [2.75, 3.05) is 0 Å². The molecule has 2 aromatic rings. The van der Waals surface area contributed by atoms with Gasteiger partial charge in [0.2, 0.25) is 10.0 Å². The monoisotopic (exact) mass is 284 g/mol. The number of thiazole rings is 1. The van der Waals surface area contributed by atoms with Crippen molar-refractivity contribution in [2.24, 2.45) is 0 Å². The topological polar surface area (TPSA) is 79.0 Å². The Balaban J connectivity index is 2.18. The quantitative estimate of drug-likeness (QED) is 0.886. The van der Waals surface area contributed by atoms with Crippen LogP contribution in [0.4, 0.5) is 0 Å². The molecule has 0 spiro atoms. The van der Waals surface area contributed by atoms with Gasteiger partial charge < -0.3 is 4.98 Å². The molecular formula is C11H12N2O3S2. The third-order valence-electron chi connectivity index (χ3n) is 2.41. The molecule has 7 heteroatoms. The first-order chi connectivity index (χ1) is 8.49. The molecule has 0 bridgehead atoms. The number of sulfonamides is 1. The van der Waals surface area contributed by atoms with E-state index in [0.717, 1.165) is 11.3 Å². The molecule has 0 aliphatic rings. The smallest absolute Gasteiger partial charge is 0.304 e. The minimum Gasteiger partial charge on any atom is -0.315 e. The molecule has 2 rings (SSSR count). The average Bonchev–Trinajstić information content (AvgIpc) is 2.73. The normalized spacial score (nSPS) is 11.6. The van der Waals surface area contributed by atoms with E-state index in [-0.39, 0.29) is 16.3 Å². The van der Waals surface area contributed by atoms with Gasteiger partial charge in [-0.1, -0.05) is 29.5 Å². The van der Waals surface area contributed by atoms with E-state index >= 15 is 0 Å². The van der Waals surface area contributed by atoms with Gasteiger partial charge >= 0.3 is 4.87 Å². The molecule has 1 heterocycles. The number of aromatic amines is 1. The fraction of sp³-hybridized carbons (Fsp3) is 0.182. The Morgan fingerprint density at radius 1 is 1.33 bits per heavy atom. The lowest BCUT2D eigenvalue weighted by molar-refractivity contribution is 0.580. The minimum atomic E-state index is -3.55. The van der Waals surface area contributed by atoms with Crippen LogP contribution in [0, 0.1) is 6.92 Å². The zero-order valence-electron chi connectivity index (χ0n) is 9.64. The summed E-state index contributed by atoms with van der Waals surface area (Å²) in [4.78, 5) is 13.5. The van der Waals surface area contributed by atoms with Crippen LogP contribution < -0.4 is 9.60 Å². The van der Waals surface area contributed by atoms with Crippen LogP contribution in [0.25, 0.3) is 0 Å². The van der Waals surface area contributed by atoms with Crippen molar-refractivity contribution >= 4 is 21.4 Å². The van der Waals surface area contributed by atoms with E-state index < -0.39 is 10.0 Å². The van der Waals surface area contributed by atoms with E-state index in [1.807, 2.05) is 0 Å². The van der Waals surface area contributed by atoms with Crippen LogP contribution in [-0.2, 0) is 16.6 Å². The Kier molecular flexibility index (Phi) is 3.65. The number of hydrogen-bond donors (Lipinski definition) is 2. The molecule has 1 aromatic heterocycles. The minimum absolute atomic E-state index is 0.0788. The van der Waals surface area contributed by atoms with Gasteiger partial charge in [-0.3, -0.25) is 4.79 Å². The zero-order valence-corrected chi connectivity index (χ0v) is 11.3. The number of H-pyrrole nitrogens is 1. The number of rotatable bonds is 4. The van der Waals surface area contributed by atoms with Gasteiger partial charge in [0, 0.05) is 11.1 Å². The van der Waals surface area contributed by atoms with E-state index in [9.17, 15) is 13.2 Å². The van der Waals surface area contributed by atoms with Gasteiger partial charge in [0.25, 0.3) is 0 Å². The second kappa shape index (κ2) is 5.05. The molecule has 0 unspecified atom stereocenters. The van der Waals surface area contributed by atoms with Crippen molar-refractivity contribution in [2.45, 2.75) is 18.4 Å². The molecule has 0 saturated heterocycles. The number of aromatic nitrogens is 1. The Morgan fingerprint density at radius 2 is 2.06 bits per heavy atom. The molecule has 1 aromatic carbocycles. The first kappa shape index (κ1) is 13.0. The third kappa shape index (κ3) is 2.87. The highest BCUT2D eigenvalue weighted by Gasteiger charge is 2.15. The van der Waals surface area contributed by atoms with Gasteiger partial charge in [-0.15, -0.1) is 0 Å². The maximum Gasteiger partial charge on any atom is 0.304 e. The second-order valence-electron chi connectivity index (χ2n) is 3.76. The van der Waals surface area contributed by atoms with Crippen LogP contribution in [0.5, 0.6) is 0 Å². The van der Waals surface area contributed by atoms with Crippen LogP contribution in [0.2, 0.25) is 0 Å². The maximum absolute atomic E-state index is 12.0. The summed E-state index contributed by atoms with van der Waals surface area (Å²) in [5.41, 5.74) is 1.24. The lowest BCUT2D eigenvalue weighted by Gasteiger charge is -2.07. The molecule has 0 aliphatic heterocycles. The molecule has 5 nitrogen and oxygen atoms in total. The van der Waals surface area contributed by atoms with Crippen LogP contribution in [-0.4, -0.2) is 13.4 Å². The fourth-order valence-electron chi connectivity index (χ4n) is 1.51. The molecule has 2 N–H and O–H groups in total. The summed E-state index contributed by atoms with van der Waals surface area (Å²) in [6.07, 6.45) is 0. The van der Waals surface area contributed by atoms with Crippen molar-refractivity contribution in [3.05, 3.63) is 50.6 Å². The summed E-state index contributed by atoms with van der Waals surface area (Å²) < 4.78 is 26.5. The highest BCUT2D eigenvalue weighted by molar-refractivity contribution is 7.89. The van der Waals surface area contributed by atoms with Gasteiger partial charge in [-0.25, -0.2) is 13.1 Å². The van der Waals surface area contributed by atoms with Crippen molar-refractivity contribution in [3.63, 3.8) is 0 Å². The van der Waals surface area contributed by atoms with E-state index in [2.05, 4.69) is 9.71 Å². The Bertz CT molecular complexity index is 701. The van der Waals surface area contributed by atoms with Crippen molar-refractivity contribution in [3.8, 4) is 0 Å². The molecule has 0 amide bonds. The van der Waals surface area contributed by atoms with Gasteiger partial charge in [-0.05, 0) is 18.6 Å². The molecule has 0 atom stereocenters. The Labute approximate surface area is 109 Å². The highest BCUT2D eigenvalue weighted by atomic mass is 32.2. The predicted octanol–water partition coefficient (Wildman–Crippen LogP) is 1.22. The number of aryl methyl sites for hydroxylation is 1. The zero-order chi connectivity index (χ0) is 13.2. The lowest BCUT2D eigenvalue weighted by Crippen LogP contribution is -2.24. The molecule has 0 aliphatic carbocycles. The van der Waals surface area contributed by atoms with Gasteiger partial charge in [0.15, 0.2) is 0 Å². The van der Waals surface area contributed by atoms with Crippen LogP contribution in [0.3, 0.4) is 0 Å². The third-order valence-corrected chi connectivity index (χ3v) is 4.69. The summed E-state index contributed by atoms with van der Waals surface area (Å²) in [6.45, 7) is 1.82. The number of nitrogens with one attached hydrogen (secondary N) is 2. The molecular weight excluding hydrogens is 272 g/mol. The maximum atomic E-state index is 12.0. The van der Waals surface area contributed by atoms with Gasteiger partial charge in [0.1, 0.15) is 0 Å². The van der Waals surface area contributed by atoms with E-state index in [4.69, 9.17) is 0 Å². The van der Waals surface area contributed by atoms with Crippen LogP contribution in [0.1, 0.15) is 11.3 Å². The Morgan fingerprint density at radius 3 is 2.67 bits per heavy atom. The number of hydrogen-bond acceptors (Lipinski definition) is 4. The van der Waals surface area contributed by atoms with Gasteiger partial charge in [0.05, 0.1) is 11.4 Å². The van der Waals surface area contributed by atoms with Crippen LogP contribution >= 0.6 is 11.3 Å². The summed E-state index contributed by atoms with van der Waals surface area (Å²) in [7, 11) is -3.55. The van der Waals surface area contributed by atoms with Gasteiger partial charge in [-0.2, -0.15) is 0 Å². The molecule has 0 fully saturated rings. The van der Waals surface area contributed by atoms with E-state index in [1.54, 1.807) is 36.6 Å². The first-order valence-electron chi connectivity index (χ1n) is 5.21. The van der Waals surface area contributed by atoms with Crippen molar-refractivity contribution in [1.29, 1.82) is 0 Å². The SMILES string of the molecule is Cc1ccccc1S(=O)(=O)NCc1csc(=O)[nH]1. The van der Waals surface area contributed by atoms with E-state index in [0.29, 0.717) is 11.3 Å². The fourth-order valence-corrected chi connectivity index (χ4v) is 3.34. The lowest BCUT2D eigenvalue weighted by atomic mass is 10.2. The largest absolute Gasteiger partial charge is 0.315 e. The average molecular weight is 284 g/mol. The molecule has 0 radical (unpaired) electrons. The second-order valence-corrected chi connectivity index (χ2v) is 6.34. The predicted molar refractivity (Wildman–Crippen MR) is 70.1 cm³/mol. The first-order valence-corrected chi connectivity index (χ1v) is 7.57. The van der Waals surface area contributed by atoms with Crippen molar-refractivity contribution < 1.29 is 8.42 Å². The standard InChI is InChI=1S/C11H12N2O3S2/c1-8-4-2-3-5-10(8)18(15,16)12-6-9-7-17-11(14)13-9/h2-5,7,12H,6H2,1H3,(H,13,14). The summed E-state index contributed by atoms with van der Waals surface area (Å²) >= 11 is 1.01. The summed E-state index contributed by atoms with van der Waals surface area (Å²) in [6, 6.07) is 6.74. The summed E-state index contributed by atoms with van der Waals surface area (Å²) in [5, 5.41) is 1.60. The molecule has 18 heavy (non-hydrogen) atoms. The number of benzene rings is 1. The Hall–Kier alpha value is -1.44. The van der Waals surface area contributed by atoms with Crippen LogP contribution in [0.15, 0.2) is 39.3 Å². The van der Waals surface area contributed by atoms with Crippen molar-refractivity contribution in [1.82, 2.24) is 9.71 Å². The highest BCUT2D eigenvalue weighted by Crippen LogP contribution is 2.14. The summed E-state index contributed by atoms with van der Waals surface area (Å²) in [5.74, 6) is 0.